The van der Waals surface area contributed by atoms with Crippen molar-refractivity contribution in [1.29, 1.82) is 0 Å². The van der Waals surface area contributed by atoms with E-state index in [1.54, 1.807) is 0 Å². The Bertz CT molecular complexity index is 376. The molecule has 1 unspecified atom stereocenters. The lowest BCUT2D eigenvalue weighted by Crippen LogP contribution is -2.40. The van der Waals surface area contributed by atoms with E-state index in [1.165, 1.54) is 0 Å². The van der Waals surface area contributed by atoms with Gasteiger partial charge in [-0.25, -0.2) is 0 Å². The van der Waals surface area contributed by atoms with E-state index in [9.17, 15) is 9.90 Å². The van der Waals surface area contributed by atoms with Crippen molar-refractivity contribution in [3.8, 4) is 0 Å². The van der Waals surface area contributed by atoms with E-state index in [-0.39, 0.29) is 6.61 Å². The molecule has 1 aromatic rings. The fourth-order valence-electron chi connectivity index (χ4n) is 2.42. The zero-order chi connectivity index (χ0) is 14.8. The molecule has 1 aromatic carbocycles. The largest absolute Gasteiger partial charge is 0.481 e. The van der Waals surface area contributed by atoms with Gasteiger partial charge < -0.3 is 9.84 Å². The Morgan fingerprint density at radius 1 is 1.15 bits per heavy atom. The Morgan fingerprint density at radius 3 is 2.40 bits per heavy atom. The first-order valence-electron chi connectivity index (χ1n) is 7.54. The summed E-state index contributed by atoms with van der Waals surface area (Å²) in [4.78, 5) is 11.9. The van der Waals surface area contributed by atoms with E-state index >= 15 is 0 Å². The second kappa shape index (κ2) is 8.75. The minimum Gasteiger partial charge on any atom is -0.481 e. The van der Waals surface area contributed by atoms with Crippen LogP contribution in [-0.4, -0.2) is 24.3 Å². The number of aliphatic carboxylic acids is 1. The van der Waals surface area contributed by atoms with Crippen molar-refractivity contribution in [2.75, 3.05) is 13.2 Å². The van der Waals surface area contributed by atoms with E-state index in [0.717, 1.165) is 31.2 Å². The molecule has 0 fully saturated rings. The quantitative estimate of drug-likeness (QED) is 0.658. The summed E-state index contributed by atoms with van der Waals surface area (Å²) in [5, 5.41) is 9.80. The van der Waals surface area contributed by atoms with Crippen LogP contribution in [0, 0.1) is 0 Å². The first-order chi connectivity index (χ1) is 9.67. The molecular weight excluding hydrogens is 252 g/mol. The predicted molar refractivity (Wildman–Crippen MR) is 81.0 cm³/mol. The third kappa shape index (κ3) is 4.34. The maximum atomic E-state index is 11.9. The van der Waals surface area contributed by atoms with E-state index in [1.807, 2.05) is 37.3 Å². The number of carboxylic acid groups (broad SMARTS) is 1. The van der Waals surface area contributed by atoms with Gasteiger partial charge in [-0.05, 0) is 18.4 Å². The zero-order valence-corrected chi connectivity index (χ0v) is 12.6. The van der Waals surface area contributed by atoms with Crippen LogP contribution in [0.3, 0.4) is 0 Å². The first-order valence-corrected chi connectivity index (χ1v) is 7.54. The SMILES string of the molecule is CCCCCC(COCCC)(C(=O)O)c1ccccc1. The summed E-state index contributed by atoms with van der Waals surface area (Å²) in [5.41, 5.74) is -0.0642. The molecule has 0 saturated carbocycles. The van der Waals surface area contributed by atoms with Gasteiger partial charge in [0.05, 0.1) is 6.61 Å². The van der Waals surface area contributed by atoms with Crippen LogP contribution in [0.15, 0.2) is 30.3 Å². The van der Waals surface area contributed by atoms with Crippen molar-refractivity contribution in [2.45, 2.75) is 51.4 Å². The number of ether oxygens (including phenoxy) is 1. The van der Waals surface area contributed by atoms with Crippen molar-refractivity contribution in [3.63, 3.8) is 0 Å². The van der Waals surface area contributed by atoms with Gasteiger partial charge in [0.25, 0.3) is 0 Å². The Balaban J connectivity index is 2.96. The number of benzene rings is 1. The molecule has 0 heterocycles. The molecule has 0 aromatic heterocycles. The second-order valence-electron chi connectivity index (χ2n) is 5.26. The normalized spacial score (nSPS) is 13.9. The van der Waals surface area contributed by atoms with Crippen LogP contribution >= 0.6 is 0 Å². The Labute approximate surface area is 122 Å². The topological polar surface area (TPSA) is 46.5 Å². The van der Waals surface area contributed by atoms with Crippen LogP contribution in [0.4, 0.5) is 0 Å². The molecule has 0 radical (unpaired) electrons. The fourth-order valence-corrected chi connectivity index (χ4v) is 2.42. The third-order valence-electron chi connectivity index (χ3n) is 3.64. The van der Waals surface area contributed by atoms with E-state index < -0.39 is 11.4 Å². The van der Waals surface area contributed by atoms with Crippen LogP contribution < -0.4 is 0 Å². The number of carboxylic acids is 1. The van der Waals surface area contributed by atoms with Gasteiger partial charge in [0, 0.05) is 6.61 Å². The smallest absolute Gasteiger partial charge is 0.316 e. The molecule has 0 amide bonds. The number of unbranched alkanes of at least 4 members (excludes halogenated alkanes) is 2. The van der Waals surface area contributed by atoms with Crippen LogP contribution in [0.25, 0.3) is 0 Å². The average Bonchev–Trinajstić information content (AvgIpc) is 2.46. The number of hydrogen-bond donors (Lipinski definition) is 1. The lowest BCUT2D eigenvalue weighted by molar-refractivity contribution is -0.147. The molecule has 1 N–H and O–H groups in total. The summed E-state index contributed by atoms with van der Waals surface area (Å²) in [6, 6.07) is 9.50. The molecule has 0 bridgehead atoms. The lowest BCUT2D eigenvalue weighted by atomic mass is 9.77. The standard InChI is InChI=1S/C17H26O3/c1-3-5-9-12-17(16(18)19,14-20-13-4-2)15-10-7-6-8-11-15/h6-8,10-11H,3-5,9,12-14H2,1-2H3,(H,18,19). The van der Waals surface area contributed by atoms with Crippen molar-refractivity contribution in [1.82, 2.24) is 0 Å². The molecule has 3 nitrogen and oxygen atoms in total. The van der Waals surface area contributed by atoms with Gasteiger partial charge in [0.15, 0.2) is 0 Å². The Hall–Kier alpha value is -1.35. The van der Waals surface area contributed by atoms with Gasteiger partial charge in [0.1, 0.15) is 5.41 Å². The molecule has 1 rings (SSSR count). The molecule has 3 heteroatoms. The number of carbonyl (C=O) groups is 1. The maximum Gasteiger partial charge on any atom is 0.316 e. The van der Waals surface area contributed by atoms with Gasteiger partial charge in [0.2, 0.25) is 0 Å². The molecule has 1 atom stereocenters. The van der Waals surface area contributed by atoms with Gasteiger partial charge in [-0.2, -0.15) is 0 Å². The number of rotatable bonds is 10. The molecule has 0 saturated heterocycles. The predicted octanol–water partition coefficient (Wildman–Crippen LogP) is 4.02. The summed E-state index contributed by atoms with van der Waals surface area (Å²) in [5.74, 6) is -0.782. The molecule has 20 heavy (non-hydrogen) atoms. The second-order valence-corrected chi connectivity index (χ2v) is 5.26. The van der Waals surface area contributed by atoms with Crippen LogP contribution in [-0.2, 0) is 14.9 Å². The summed E-state index contributed by atoms with van der Waals surface area (Å²) in [6.45, 7) is 5.01. The summed E-state index contributed by atoms with van der Waals surface area (Å²) in [7, 11) is 0. The van der Waals surface area contributed by atoms with E-state index in [4.69, 9.17) is 4.74 Å². The number of hydrogen-bond acceptors (Lipinski definition) is 2. The highest BCUT2D eigenvalue weighted by molar-refractivity contribution is 5.81. The van der Waals surface area contributed by atoms with E-state index in [2.05, 4.69) is 6.92 Å². The zero-order valence-electron chi connectivity index (χ0n) is 12.6. The minimum absolute atomic E-state index is 0.254. The lowest BCUT2D eigenvalue weighted by Gasteiger charge is -2.30. The average molecular weight is 278 g/mol. The molecule has 112 valence electrons. The van der Waals surface area contributed by atoms with Crippen molar-refractivity contribution < 1.29 is 14.6 Å². The van der Waals surface area contributed by atoms with Crippen LogP contribution in [0.2, 0.25) is 0 Å². The molecule has 0 aliphatic heterocycles. The van der Waals surface area contributed by atoms with Crippen molar-refractivity contribution in [3.05, 3.63) is 35.9 Å². The Morgan fingerprint density at radius 2 is 1.85 bits per heavy atom. The highest BCUT2D eigenvalue weighted by Gasteiger charge is 2.40. The molecule has 0 spiro atoms. The molecule has 0 aliphatic rings. The molecule has 0 aliphatic carbocycles. The van der Waals surface area contributed by atoms with Crippen molar-refractivity contribution in [2.24, 2.45) is 0 Å². The van der Waals surface area contributed by atoms with Crippen LogP contribution in [0.1, 0.15) is 51.5 Å². The highest BCUT2D eigenvalue weighted by Crippen LogP contribution is 2.31. The van der Waals surface area contributed by atoms with Crippen molar-refractivity contribution >= 4 is 5.97 Å². The molecular formula is C17H26O3. The summed E-state index contributed by atoms with van der Waals surface area (Å²) >= 11 is 0. The Kier molecular flexibility index (Phi) is 7.31. The van der Waals surface area contributed by atoms with E-state index in [0.29, 0.717) is 13.0 Å². The monoisotopic (exact) mass is 278 g/mol. The summed E-state index contributed by atoms with van der Waals surface area (Å²) < 4.78 is 5.61. The van der Waals surface area contributed by atoms with Gasteiger partial charge >= 0.3 is 5.97 Å². The minimum atomic E-state index is -0.911. The maximum absolute atomic E-state index is 11.9. The van der Waals surface area contributed by atoms with Crippen LogP contribution in [0.5, 0.6) is 0 Å². The third-order valence-corrected chi connectivity index (χ3v) is 3.64. The summed E-state index contributed by atoms with van der Waals surface area (Å²) in [6.07, 6.45) is 4.58. The first kappa shape index (κ1) is 16.7. The highest BCUT2D eigenvalue weighted by atomic mass is 16.5. The van der Waals surface area contributed by atoms with Gasteiger partial charge in [-0.3, -0.25) is 4.79 Å². The van der Waals surface area contributed by atoms with Gasteiger partial charge in [-0.15, -0.1) is 0 Å². The fraction of sp³-hybridized carbons (Fsp3) is 0.588. The van der Waals surface area contributed by atoms with Gasteiger partial charge in [-0.1, -0.05) is 63.4 Å².